The first kappa shape index (κ1) is 11.4. The van der Waals surface area contributed by atoms with Gasteiger partial charge in [0.2, 0.25) is 0 Å². The minimum absolute atomic E-state index is 0.588. The van der Waals surface area contributed by atoms with Gasteiger partial charge < -0.3 is 4.90 Å². The van der Waals surface area contributed by atoms with Crippen LogP contribution in [0.5, 0.6) is 0 Å². The van der Waals surface area contributed by atoms with Crippen LogP contribution in [-0.2, 0) is 0 Å². The molecule has 1 aromatic heterocycles. The Labute approximate surface area is 107 Å². The molecule has 0 aromatic carbocycles. The molecule has 1 aliphatic heterocycles. The molecule has 1 saturated heterocycles. The van der Waals surface area contributed by atoms with Gasteiger partial charge in [0.05, 0.1) is 4.47 Å². The molecule has 2 rings (SSSR count). The number of rotatable bonds is 2. The molecule has 1 fully saturated rings. The van der Waals surface area contributed by atoms with E-state index in [9.17, 15) is 0 Å². The van der Waals surface area contributed by atoms with Gasteiger partial charge in [0, 0.05) is 24.1 Å². The smallest absolute Gasteiger partial charge is 0.143 e. The van der Waals surface area contributed by atoms with Crippen molar-refractivity contribution in [2.24, 2.45) is 0 Å². The minimum Gasteiger partial charge on any atom is -0.352 e. The average Bonchev–Trinajstić information content (AvgIpc) is 2.30. The van der Waals surface area contributed by atoms with Crippen molar-refractivity contribution >= 4 is 37.7 Å². The predicted octanol–water partition coefficient (Wildman–Crippen LogP) is 3.60. The number of alkyl halides is 1. The lowest BCUT2D eigenvalue weighted by molar-refractivity contribution is 0.487. The van der Waals surface area contributed by atoms with Crippen LogP contribution in [0.15, 0.2) is 22.8 Å². The van der Waals surface area contributed by atoms with Crippen molar-refractivity contribution in [1.29, 1.82) is 0 Å². The first-order chi connectivity index (χ1) is 7.33. The summed E-state index contributed by atoms with van der Waals surface area (Å²) in [4.78, 5) is 6.86. The van der Waals surface area contributed by atoms with E-state index < -0.39 is 0 Å². The van der Waals surface area contributed by atoms with Gasteiger partial charge >= 0.3 is 0 Å². The van der Waals surface area contributed by atoms with Crippen LogP contribution in [0.25, 0.3) is 0 Å². The summed E-state index contributed by atoms with van der Waals surface area (Å²) in [5, 5.41) is 1.02. The van der Waals surface area contributed by atoms with E-state index in [1.807, 2.05) is 12.3 Å². The standard InChI is InChI=1S/C11H14Br2N2/c12-8-9-4-1-2-7-15(9)11-10(13)5-3-6-14-11/h3,5-6,9H,1-2,4,7-8H2. The van der Waals surface area contributed by atoms with E-state index in [0.29, 0.717) is 6.04 Å². The highest BCUT2D eigenvalue weighted by Gasteiger charge is 2.23. The zero-order valence-corrected chi connectivity index (χ0v) is 11.7. The molecule has 0 saturated carbocycles. The molecule has 4 heteroatoms. The molecule has 1 aliphatic rings. The summed E-state index contributed by atoms with van der Waals surface area (Å²) in [6.45, 7) is 1.12. The van der Waals surface area contributed by atoms with Gasteiger partial charge in [0.25, 0.3) is 0 Å². The SMILES string of the molecule is BrCC1CCCCN1c1ncccc1Br. The third-order valence-corrected chi connectivity index (χ3v) is 4.18. The molecule has 0 bridgehead atoms. The van der Waals surface area contributed by atoms with E-state index in [1.165, 1.54) is 19.3 Å². The number of pyridine rings is 1. The lowest BCUT2D eigenvalue weighted by Gasteiger charge is -2.36. The van der Waals surface area contributed by atoms with Crippen LogP contribution in [0.3, 0.4) is 0 Å². The zero-order chi connectivity index (χ0) is 10.7. The number of aromatic nitrogens is 1. The average molecular weight is 334 g/mol. The third kappa shape index (κ3) is 2.53. The van der Waals surface area contributed by atoms with Crippen molar-refractivity contribution in [2.45, 2.75) is 25.3 Å². The molecule has 0 amide bonds. The summed E-state index contributed by atoms with van der Waals surface area (Å²) < 4.78 is 1.10. The van der Waals surface area contributed by atoms with E-state index in [1.54, 1.807) is 0 Å². The minimum atomic E-state index is 0.588. The molecule has 82 valence electrons. The Hall–Kier alpha value is -0.0900. The maximum atomic E-state index is 4.46. The van der Waals surface area contributed by atoms with Gasteiger partial charge in [-0.3, -0.25) is 0 Å². The van der Waals surface area contributed by atoms with Gasteiger partial charge in [-0.15, -0.1) is 0 Å². The van der Waals surface area contributed by atoms with E-state index in [-0.39, 0.29) is 0 Å². The summed E-state index contributed by atoms with van der Waals surface area (Å²) in [7, 11) is 0. The van der Waals surface area contributed by atoms with Crippen molar-refractivity contribution in [2.75, 3.05) is 16.8 Å². The Bertz CT molecular complexity index is 330. The van der Waals surface area contributed by atoms with Crippen molar-refractivity contribution < 1.29 is 0 Å². The van der Waals surface area contributed by atoms with E-state index >= 15 is 0 Å². The summed E-state index contributed by atoms with van der Waals surface area (Å²) in [6, 6.07) is 4.60. The van der Waals surface area contributed by atoms with E-state index in [2.05, 4.69) is 47.8 Å². The number of hydrogen-bond acceptors (Lipinski definition) is 2. The lowest BCUT2D eigenvalue weighted by atomic mass is 10.0. The topological polar surface area (TPSA) is 16.1 Å². The zero-order valence-electron chi connectivity index (χ0n) is 8.50. The van der Waals surface area contributed by atoms with Crippen molar-refractivity contribution in [3.63, 3.8) is 0 Å². The van der Waals surface area contributed by atoms with Gasteiger partial charge in [-0.25, -0.2) is 4.98 Å². The Morgan fingerprint density at radius 3 is 3.07 bits per heavy atom. The largest absolute Gasteiger partial charge is 0.352 e. The summed E-state index contributed by atoms with van der Waals surface area (Å²) >= 11 is 7.16. The normalized spacial score (nSPS) is 21.7. The molecule has 1 aromatic rings. The summed E-state index contributed by atoms with van der Waals surface area (Å²) in [5.74, 6) is 1.08. The van der Waals surface area contributed by atoms with Gasteiger partial charge in [-0.05, 0) is 47.3 Å². The second-order valence-electron chi connectivity index (χ2n) is 3.81. The van der Waals surface area contributed by atoms with Crippen molar-refractivity contribution in [1.82, 2.24) is 4.98 Å². The molecule has 0 radical (unpaired) electrons. The monoisotopic (exact) mass is 332 g/mol. The quantitative estimate of drug-likeness (QED) is 0.769. The molecule has 2 nitrogen and oxygen atoms in total. The van der Waals surface area contributed by atoms with Crippen molar-refractivity contribution in [3.05, 3.63) is 22.8 Å². The first-order valence-electron chi connectivity index (χ1n) is 5.26. The van der Waals surface area contributed by atoms with E-state index in [0.717, 1.165) is 22.2 Å². The fourth-order valence-electron chi connectivity index (χ4n) is 2.03. The maximum Gasteiger partial charge on any atom is 0.143 e. The molecule has 0 N–H and O–H groups in total. The van der Waals surface area contributed by atoms with E-state index in [4.69, 9.17) is 0 Å². The van der Waals surface area contributed by atoms with Crippen LogP contribution < -0.4 is 4.90 Å². The number of hydrogen-bond donors (Lipinski definition) is 0. The van der Waals surface area contributed by atoms with Gasteiger partial charge in [0.15, 0.2) is 0 Å². The Balaban J connectivity index is 2.24. The van der Waals surface area contributed by atoms with Crippen LogP contribution in [0, 0.1) is 0 Å². The fourth-order valence-corrected chi connectivity index (χ4v) is 3.18. The molecule has 1 unspecified atom stereocenters. The molecule has 15 heavy (non-hydrogen) atoms. The third-order valence-electron chi connectivity index (χ3n) is 2.82. The number of piperidine rings is 1. The van der Waals surface area contributed by atoms with Crippen LogP contribution in [-0.4, -0.2) is 22.9 Å². The molecule has 2 heterocycles. The summed E-state index contributed by atoms with van der Waals surface area (Å²) in [5.41, 5.74) is 0. The second kappa shape index (κ2) is 5.30. The number of halogens is 2. The first-order valence-corrected chi connectivity index (χ1v) is 7.17. The highest BCUT2D eigenvalue weighted by Crippen LogP contribution is 2.29. The molecular weight excluding hydrogens is 320 g/mol. The van der Waals surface area contributed by atoms with Gasteiger partial charge in [-0.2, -0.15) is 0 Å². The highest BCUT2D eigenvalue weighted by atomic mass is 79.9. The van der Waals surface area contributed by atoms with Gasteiger partial charge in [0.1, 0.15) is 5.82 Å². The highest BCUT2D eigenvalue weighted by molar-refractivity contribution is 9.10. The second-order valence-corrected chi connectivity index (χ2v) is 5.31. The Morgan fingerprint density at radius 2 is 2.33 bits per heavy atom. The van der Waals surface area contributed by atoms with Gasteiger partial charge in [-0.1, -0.05) is 15.9 Å². The Morgan fingerprint density at radius 1 is 1.47 bits per heavy atom. The van der Waals surface area contributed by atoms with Crippen molar-refractivity contribution in [3.8, 4) is 0 Å². The molecule has 0 aliphatic carbocycles. The number of nitrogens with zero attached hydrogens (tertiary/aromatic N) is 2. The predicted molar refractivity (Wildman–Crippen MR) is 70.7 cm³/mol. The van der Waals surface area contributed by atoms with Crippen LogP contribution >= 0.6 is 31.9 Å². The fraction of sp³-hybridized carbons (Fsp3) is 0.545. The molecular formula is C11H14Br2N2. The maximum absolute atomic E-state index is 4.46. The summed E-state index contributed by atoms with van der Waals surface area (Å²) in [6.07, 6.45) is 5.72. The lowest BCUT2D eigenvalue weighted by Crippen LogP contribution is -2.41. The Kier molecular flexibility index (Phi) is 4.03. The number of anilines is 1. The van der Waals surface area contributed by atoms with Crippen LogP contribution in [0.2, 0.25) is 0 Å². The molecule has 1 atom stereocenters. The molecule has 0 spiro atoms. The van der Waals surface area contributed by atoms with Crippen LogP contribution in [0.1, 0.15) is 19.3 Å². The van der Waals surface area contributed by atoms with Crippen LogP contribution in [0.4, 0.5) is 5.82 Å².